The Morgan fingerprint density at radius 3 is 2.26 bits per heavy atom. The fraction of sp³-hybridized carbons (Fsp3) is 0.308. The average Bonchev–Trinajstić information content (AvgIpc) is 3.08. The molecule has 0 unspecified atom stereocenters. The summed E-state index contributed by atoms with van der Waals surface area (Å²) < 4.78 is 1.95. The first kappa shape index (κ1) is 21.1. The molecule has 1 amide bonds. The lowest BCUT2D eigenvalue weighted by atomic mass is 10.1. The fourth-order valence-electron chi connectivity index (χ4n) is 4.11. The summed E-state index contributed by atoms with van der Waals surface area (Å²) in [6, 6.07) is 20.6. The zero-order chi connectivity index (χ0) is 21.6. The Morgan fingerprint density at radius 1 is 0.935 bits per heavy atom. The molecule has 0 aliphatic carbocycles. The van der Waals surface area contributed by atoms with E-state index in [-0.39, 0.29) is 5.91 Å². The van der Waals surface area contributed by atoms with Crippen LogP contribution in [0.25, 0.3) is 6.08 Å². The van der Waals surface area contributed by atoms with Gasteiger partial charge in [0.15, 0.2) is 0 Å². The van der Waals surface area contributed by atoms with E-state index < -0.39 is 0 Å². The minimum absolute atomic E-state index is 0.105. The van der Waals surface area contributed by atoms with Crippen molar-refractivity contribution in [3.8, 4) is 0 Å². The molecule has 1 saturated heterocycles. The van der Waals surface area contributed by atoms with Crippen molar-refractivity contribution < 1.29 is 4.79 Å². The van der Waals surface area contributed by atoms with Crippen molar-refractivity contribution in [1.29, 1.82) is 0 Å². The summed E-state index contributed by atoms with van der Waals surface area (Å²) in [6.07, 6.45) is 4.36. The van der Waals surface area contributed by atoms with E-state index in [9.17, 15) is 4.79 Å². The number of aryl methyl sites for hydroxylation is 1. The molecule has 1 aromatic heterocycles. The van der Waals surface area contributed by atoms with Gasteiger partial charge < -0.3 is 4.90 Å². The maximum Gasteiger partial charge on any atom is 0.257 e. The van der Waals surface area contributed by atoms with Crippen LogP contribution in [0.4, 0.5) is 0 Å². The maximum atomic E-state index is 13.3. The highest BCUT2D eigenvalue weighted by Gasteiger charge is 2.26. The molecule has 0 bridgehead atoms. The molecule has 160 valence electrons. The van der Waals surface area contributed by atoms with Crippen LogP contribution in [0.5, 0.6) is 0 Å². The normalized spacial score (nSPS) is 15.0. The minimum atomic E-state index is 0.105. The van der Waals surface area contributed by atoms with Gasteiger partial charge in [-0.05, 0) is 25.0 Å². The molecular weight excluding hydrogens is 384 g/mol. The van der Waals surface area contributed by atoms with E-state index in [0.717, 1.165) is 49.7 Å². The van der Waals surface area contributed by atoms with Crippen molar-refractivity contribution in [3.63, 3.8) is 0 Å². The summed E-state index contributed by atoms with van der Waals surface area (Å²) in [5.74, 6) is 0.105. The molecule has 2 aromatic carbocycles. The largest absolute Gasteiger partial charge is 0.336 e. The molecule has 4 rings (SSSR count). The summed E-state index contributed by atoms with van der Waals surface area (Å²) in [7, 11) is 0. The van der Waals surface area contributed by atoms with E-state index in [2.05, 4.69) is 58.5 Å². The predicted molar refractivity (Wildman–Crippen MR) is 125 cm³/mol. The number of hydrogen-bond acceptors (Lipinski definition) is 3. The number of carbonyl (C=O) groups excluding carboxylic acids is 1. The first-order valence-corrected chi connectivity index (χ1v) is 10.9. The molecule has 0 saturated carbocycles. The fourth-order valence-corrected chi connectivity index (χ4v) is 4.11. The van der Waals surface area contributed by atoms with Gasteiger partial charge in [-0.3, -0.25) is 14.4 Å². The smallest absolute Gasteiger partial charge is 0.257 e. The molecule has 0 radical (unpaired) electrons. The lowest BCUT2D eigenvalue weighted by Crippen LogP contribution is -2.48. The Kier molecular flexibility index (Phi) is 6.63. The van der Waals surface area contributed by atoms with Crippen LogP contribution in [0.15, 0.2) is 66.7 Å². The summed E-state index contributed by atoms with van der Waals surface area (Å²) in [5, 5.41) is 4.66. The van der Waals surface area contributed by atoms with Crippen molar-refractivity contribution in [2.45, 2.75) is 20.4 Å². The summed E-state index contributed by atoms with van der Waals surface area (Å²) >= 11 is 0. The molecule has 5 heteroatoms. The lowest BCUT2D eigenvalue weighted by molar-refractivity contribution is 0.0648. The molecule has 0 atom stereocenters. The second kappa shape index (κ2) is 9.75. The summed E-state index contributed by atoms with van der Waals surface area (Å²) in [6.45, 7) is 8.81. The number of carbonyl (C=O) groups is 1. The Bertz CT molecular complexity index is 1030. The highest BCUT2D eigenvalue weighted by atomic mass is 16.2. The highest BCUT2D eigenvalue weighted by molar-refractivity contribution is 5.96. The Labute approximate surface area is 184 Å². The topological polar surface area (TPSA) is 41.4 Å². The predicted octanol–water partition coefficient (Wildman–Crippen LogP) is 4.02. The van der Waals surface area contributed by atoms with E-state index >= 15 is 0 Å². The Hall–Kier alpha value is -3.18. The standard InChI is InChI=1S/C26H30N4O/c1-21-25(22(2)30(27-21)20-24-12-7-4-8-13-24)26(31)29-18-16-28(17-19-29)15-9-14-23-10-5-3-6-11-23/h3-14H,15-20H2,1-2H3. The number of nitrogens with zero attached hydrogens (tertiary/aromatic N) is 4. The van der Waals surface area contributed by atoms with Crippen LogP contribution in [-0.2, 0) is 6.54 Å². The van der Waals surface area contributed by atoms with Crippen LogP contribution >= 0.6 is 0 Å². The van der Waals surface area contributed by atoms with E-state index in [1.54, 1.807) is 0 Å². The van der Waals surface area contributed by atoms with Crippen molar-refractivity contribution in [2.75, 3.05) is 32.7 Å². The van der Waals surface area contributed by atoms with Crippen LogP contribution in [-0.4, -0.2) is 58.2 Å². The second-order valence-corrected chi connectivity index (χ2v) is 8.09. The summed E-state index contributed by atoms with van der Waals surface area (Å²) in [4.78, 5) is 17.6. The Morgan fingerprint density at radius 2 is 1.58 bits per heavy atom. The highest BCUT2D eigenvalue weighted by Crippen LogP contribution is 2.18. The zero-order valence-electron chi connectivity index (χ0n) is 18.4. The third-order valence-electron chi connectivity index (χ3n) is 5.90. The molecule has 0 spiro atoms. The average molecular weight is 415 g/mol. The number of aromatic nitrogens is 2. The second-order valence-electron chi connectivity index (χ2n) is 8.09. The van der Waals surface area contributed by atoms with Gasteiger partial charge in [-0.1, -0.05) is 72.8 Å². The zero-order valence-corrected chi connectivity index (χ0v) is 18.4. The van der Waals surface area contributed by atoms with Gasteiger partial charge in [-0.15, -0.1) is 0 Å². The van der Waals surface area contributed by atoms with Gasteiger partial charge in [0.05, 0.1) is 17.8 Å². The van der Waals surface area contributed by atoms with E-state index in [1.807, 2.05) is 47.7 Å². The van der Waals surface area contributed by atoms with Crippen LogP contribution in [0.1, 0.15) is 32.9 Å². The quantitative estimate of drug-likeness (QED) is 0.612. The van der Waals surface area contributed by atoms with Gasteiger partial charge in [0.1, 0.15) is 0 Å². The van der Waals surface area contributed by atoms with E-state index in [1.165, 1.54) is 11.1 Å². The van der Waals surface area contributed by atoms with Gasteiger partial charge in [-0.25, -0.2) is 0 Å². The molecule has 3 aromatic rings. The molecule has 5 nitrogen and oxygen atoms in total. The molecule has 0 N–H and O–H groups in total. The van der Waals surface area contributed by atoms with Gasteiger partial charge in [0, 0.05) is 38.4 Å². The molecule has 1 aliphatic rings. The first-order chi connectivity index (χ1) is 15.1. The van der Waals surface area contributed by atoms with E-state index in [4.69, 9.17) is 0 Å². The number of piperazine rings is 1. The van der Waals surface area contributed by atoms with E-state index in [0.29, 0.717) is 6.54 Å². The van der Waals surface area contributed by atoms with Gasteiger partial charge >= 0.3 is 0 Å². The molecule has 1 fully saturated rings. The lowest BCUT2D eigenvalue weighted by Gasteiger charge is -2.34. The SMILES string of the molecule is Cc1nn(Cc2ccccc2)c(C)c1C(=O)N1CCN(CC=Cc2ccccc2)CC1. The molecule has 31 heavy (non-hydrogen) atoms. The third-order valence-corrected chi connectivity index (χ3v) is 5.90. The molecule has 1 aliphatic heterocycles. The minimum Gasteiger partial charge on any atom is -0.336 e. The van der Waals surface area contributed by atoms with Crippen molar-refractivity contribution >= 4 is 12.0 Å². The van der Waals surface area contributed by atoms with Crippen molar-refractivity contribution in [2.24, 2.45) is 0 Å². The van der Waals surface area contributed by atoms with Crippen LogP contribution in [0.2, 0.25) is 0 Å². The molecule has 2 heterocycles. The van der Waals surface area contributed by atoms with Gasteiger partial charge in [0.2, 0.25) is 0 Å². The monoisotopic (exact) mass is 414 g/mol. The number of hydrogen-bond donors (Lipinski definition) is 0. The summed E-state index contributed by atoms with van der Waals surface area (Å²) in [5.41, 5.74) is 4.92. The van der Waals surface area contributed by atoms with Gasteiger partial charge in [-0.2, -0.15) is 5.10 Å². The van der Waals surface area contributed by atoms with Crippen LogP contribution in [0, 0.1) is 13.8 Å². The number of benzene rings is 2. The van der Waals surface area contributed by atoms with Crippen molar-refractivity contribution in [3.05, 3.63) is 94.8 Å². The van der Waals surface area contributed by atoms with Crippen molar-refractivity contribution in [1.82, 2.24) is 19.6 Å². The first-order valence-electron chi connectivity index (χ1n) is 10.9. The number of rotatable bonds is 6. The van der Waals surface area contributed by atoms with Crippen LogP contribution < -0.4 is 0 Å². The third kappa shape index (κ3) is 5.12. The Balaban J connectivity index is 1.35. The van der Waals surface area contributed by atoms with Gasteiger partial charge in [0.25, 0.3) is 5.91 Å². The maximum absolute atomic E-state index is 13.3. The van der Waals surface area contributed by atoms with Crippen LogP contribution in [0.3, 0.4) is 0 Å². The molecular formula is C26H30N4O. The number of amides is 1.